The molecule has 92 valence electrons. The van der Waals surface area contributed by atoms with Gasteiger partial charge in [0.15, 0.2) is 0 Å². The first-order chi connectivity index (χ1) is 7.61. The van der Waals surface area contributed by atoms with Crippen LogP contribution in [0.4, 0.5) is 0 Å². The highest BCUT2D eigenvalue weighted by Gasteiger charge is 1.92. The van der Waals surface area contributed by atoms with E-state index in [4.69, 9.17) is 23.2 Å². The summed E-state index contributed by atoms with van der Waals surface area (Å²) < 4.78 is 0. The van der Waals surface area contributed by atoms with Gasteiger partial charge in [-0.2, -0.15) is 0 Å². The van der Waals surface area contributed by atoms with Gasteiger partial charge in [0.05, 0.1) is 0 Å². The molecule has 1 aromatic rings. The molecule has 0 unspecified atom stereocenters. The molecule has 0 fully saturated rings. The average molecular weight is 261 g/mol. The lowest BCUT2D eigenvalue weighted by Gasteiger charge is -1.94. The third kappa shape index (κ3) is 8.01. The maximum atomic E-state index is 5.73. The first-order valence-corrected chi connectivity index (χ1v) is 6.79. The highest BCUT2D eigenvalue weighted by molar-refractivity contribution is 6.35. The van der Waals surface area contributed by atoms with Gasteiger partial charge in [0.1, 0.15) is 0 Å². The van der Waals surface area contributed by atoms with Crippen LogP contribution in [0.15, 0.2) is 18.2 Å². The van der Waals surface area contributed by atoms with E-state index < -0.39 is 0 Å². The summed E-state index contributed by atoms with van der Waals surface area (Å²) in [6, 6.07) is 5.45. The van der Waals surface area contributed by atoms with Gasteiger partial charge in [0.25, 0.3) is 0 Å². The number of aryl methyl sites for hydroxylation is 1. The largest absolute Gasteiger partial charge is 0.0843 e. The van der Waals surface area contributed by atoms with Crippen molar-refractivity contribution in [2.24, 2.45) is 0 Å². The number of hydrogen-bond acceptors (Lipinski definition) is 0. The quantitative estimate of drug-likeness (QED) is 0.559. The van der Waals surface area contributed by atoms with E-state index in [1.807, 2.05) is 19.1 Å². The third-order valence-electron chi connectivity index (χ3n) is 2.34. The molecule has 0 nitrogen and oxygen atoms in total. The van der Waals surface area contributed by atoms with Crippen LogP contribution in [0.1, 0.15) is 51.5 Å². The molecular formula is C14H22Cl2. The minimum absolute atomic E-state index is 0.686. The Balaban J connectivity index is 0.000000293. The highest BCUT2D eigenvalue weighted by Crippen LogP contribution is 2.19. The Labute approximate surface area is 110 Å². The van der Waals surface area contributed by atoms with Crippen molar-refractivity contribution in [1.29, 1.82) is 0 Å². The summed E-state index contributed by atoms with van der Waals surface area (Å²) in [7, 11) is 0. The predicted octanol–water partition coefficient (Wildman–Crippen LogP) is 6.28. The van der Waals surface area contributed by atoms with Gasteiger partial charge in [0, 0.05) is 10.0 Å². The molecule has 0 heterocycles. The van der Waals surface area contributed by atoms with Crippen LogP contribution in [0.5, 0.6) is 0 Å². The Morgan fingerprint density at radius 2 is 1.50 bits per heavy atom. The van der Waals surface area contributed by atoms with Gasteiger partial charge >= 0.3 is 0 Å². The van der Waals surface area contributed by atoms with E-state index in [1.165, 1.54) is 32.1 Å². The molecule has 0 radical (unpaired) electrons. The summed E-state index contributed by atoms with van der Waals surface area (Å²) in [6.45, 7) is 6.43. The molecule has 0 aromatic heterocycles. The minimum atomic E-state index is 0.686. The SMILES string of the molecule is CCCCCCC.Cc1ccc(Cl)cc1Cl. The topological polar surface area (TPSA) is 0 Å². The second kappa shape index (κ2) is 9.99. The standard InChI is InChI=1S/C7H6Cl2.C7H16/c1-5-2-3-6(8)4-7(5)9;1-3-5-7-6-4-2/h2-4H,1H3;3-7H2,1-2H3. The van der Waals surface area contributed by atoms with E-state index in [0.29, 0.717) is 5.02 Å². The molecular weight excluding hydrogens is 239 g/mol. The van der Waals surface area contributed by atoms with Gasteiger partial charge in [-0.15, -0.1) is 0 Å². The normalized spacial score (nSPS) is 9.56. The zero-order valence-corrected chi connectivity index (χ0v) is 12.0. The Kier molecular flexibility index (Phi) is 9.86. The number of benzene rings is 1. The average Bonchev–Trinajstić information content (AvgIpc) is 2.26. The summed E-state index contributed by atoms with van der Waals surface area (Å²) in [5.41, 5.74) is 1.06. The molecule has 2 heteroatoms. The summed E-state index contributed by atoms with van der Waals surface area (Å²) in [5.74, 6) is 0. The van der Waals surface area contributed by atoms with Crippen LogP contribution in [0.3, 0.4) is 0 Å². The first-order valence-electron chi connectivity index (χ1n) is 6.03. The molecule has 0 saturated heterocycles. The minimum Gasteiger partial charge on any atom is -0.0843 e. The predicted molar refractivity (Wildman–Crippen MR) is 75.6 cm³/mol. The van der Waals surface area contributed by atoms with Crippen LogP contribution < -0.4 is 0 Å². The maximum absolute atomic E-state index is 5.73. The lowest BCUT2D eigenvalue weighted by Crippen LogP contribution is -1.71. The van der Waals surface area contributed by atoms with Crippen molar-refractivity contribution in [2.75, 3.05) is 0 Å². The number of halogens is 2. The van der Waals surface area contributed by atoms with Crippen LogP contribution in [-0.2, 0) is 0 Å². The molecule has 0 saturated carbocycles. The maximum Gasteiger partial charge on any atom is 0.0449 e. The van der Waals surface area contributed by atoms with E-state index >= 15 is 0 Å². The Morgan fingerprint density at radius 3 is 1.88 bits per heavy atom. The Morgan fingerprint density at radius 1 is 0.938 bits per heavy atom. The van der Waals surface area contributed by atoms with Gasteiger partial charge < -0.3 is 0 Å². The molecule has 0 aliphatic carbocycles. The summed E-state index contributed by atoms with van der Waals surface area (Å²) in [6.07, 6.45) is 7.01. The van der Waals surface area contributed by atoms with Gasteiger partial charge in [-0.3, -0.25) is 0 Å². The lowest BCUT2D eigenvalue weighted by atomic mass is 10.2. The summed E-state index contributed by atoms with van der Waals surface area (Å²) in [4.78, 5) is 0. The van der Waals surface area contributed by atoms with Crippen LogP contribution in [0, 0.1) is 6.92 Å². The zero-order valence-electron chi connectivity index (χ0n) is 10.5. The molecule has 0 amide bonds. The number of unbranched alkanes of at least 4 members (excludes halogenated alkanes) is 4. The first kappa shape index (κ1) is 15.8. The Bertz CT molecular complexity index is 278. The van der Waals surface area contributed by atoms with Crippen molar-refractivity contribution < 1.29 is 0 Å². The summed E-state index contributed by atoms with van der Waals surface area (Å²) >= 11 is 11.4. The molecule has 0 N–H and O–H groups in total. The van der Waals surface area contributed by atoms with Gasteiger partial charge in [0.2, 0.25) is 0 Å². The van der Waals surface area contributed by atoms with E-state index in [9.17, 15) is 0 Å². The fourth-order valence-corrected chi connectivity index (χ4v) is 1.65. The Hall–Kier alpha value is -0.200. The molecule has 0 spiro atoms. The van der Waals surface area contributed by atoms with Crippen molar-refractivity contribution in [2.45, 2.75) is 52.9 Å². The van der Waals surface area contributed by atoms with Crippen molar-refractivity contribution in [3.8, 4) is 0 Å². The lowest BCUT2D eigenvalue weighted by molar-refractivity contribution is 0.656. The molecule has 1 aromatic carbocycles. The van der Waals surface area contributed by atoms with Crippen LogP contribution in [-0.4, -0.2) is 0 Å². The van der Waals surface area contributed by atoms with Gasteiger partial charge in [-0.1, -0.05) is 75.2 Å². The van der Waals surface area contributed by atoms with E-state index in [2.05, 4.69) is 13.8 Å². The van der Waals surface area contributed by atoms with Gasteiger partial charge in [-0.05, 0) is 24.6 Å². The molecule has 16 heavy (non-hydrogen) atoms. The zero-order chi connectivity index (χ0) is 12.4. The molecule has 1 rings (SSSR count). The van der Waals surface area contributed by atoms with Crippen LogP contribution in [0.25, 0.3) is 0 Å². The fraction of sp³-hybridized carbons (Fsp3) is 0.571. The molecule has 0 aliphatic heterocycles. The van der Waals surface area contributed by atoms with E-state index in [-0.39, 0.29) is 0 Å². The van der Waals surface area contributed by atoms with Crippen molar-refractivity contribution in [3.63, 3.8) is 0 Å². The summed E-state index contributed by atoms with van der Waals surface area (Å²) in [5, 5.41) is 1.41. The fourth-order valence-electron chi connectivity index (χ4n) is 1.24. The van der Waals surface area contributed by atoms with E-state index in [0.717, 1.165) is 10.6 Å². The molecule has 0 bridgehead atoms. The number of rotatable bonds is 4. The van der Waals surface area contributed by atoms with Crippen LogP contribution in [0.2, 0.25) is 10.0 Å². The highest BCUT2D eigenvalue weighted by atomic mass is 35.5. The molecule has 0 aliphatic rings. The van der Waals surface area contributed by atoms with Crippen molar-refractivity contribution >= 4 is 23.2 Å². The second-order valence-electron chi connectivity index (χ2n) is 3.95. The smallest absolute Gasteiger partial charge is 0.0449 e. The third-order valence-corrected chi connectivity index (χ3v) is 2.98. The monoisotopic (exact) mass is 260 g/mol. The van der Waals surface area contributed by atoms with Crippen LogP contribution >= 0.6 is 23.2 Å². The molecule has 0 atom stereocenters. The van der Waals surface area contributed by atoms with Gasteiger partial charge in [-0.25, -0.2) is 0 Å². The van der Waals surface area contributed by atoms with Crippen molar-refractivity contribution in [1.82, 2.24) is 0 Å². The second-order valence-corrected chi connectivity index (χ2v) is 4.80. The van der Waals surface area contributed by atoms with Crippen molar-refractivity contribution in [3.05, 3.63) is 33.8 Å². The van der Waals surface area contributed by atoms with E-state index in [1.54, 1.807) is 6.07 Å². The number of hydrogen-bond donors (Lipinski definition) is 0.